The molecule has 0 amide bonds. The molecular weight excluding hydrogens is 300 g/mol. The van der Waals surface area contributed by atoms with E-state index in [2.05, 4.69) is 29.3 Å². The lowest BCUT2D eigenvalue weighted by Gasteiger charge is -1.99. The van der Waals surface area contributed by atoms with Crippen molar-refractivity contribution < 1.29 is 0 Å². The van der Waals surface area contributed by atoms with Crippen LogP contribution < -0.4 is 5.56 Å². The smallest absolute Gasteiger partial charge is 0.258 e. The molecule has 3 nitrogen and oxygen atoms in total. The molecule has 0 atom stereocenters. The van der Waals surface area contributed by atoms with Crippen LogP contribution in [0.5, 0.6) is 0 Å². The second-order valence-corrected chi connectivity index (χ2v) is 6.37. The molecular formula is C16H14N2OS2. The first-order valence-electron chi connectivity index (χ1n) is 6.58. The molecule has 3 rings (SSSR count). The van der Waals surface area contributed by atoms with E-state index in [1.807, 2.05) is 23.6 Å². The molecule has 2 heterocycles. The van der Waals surface area contributed by atoms with Crippen molar-refractivity contribution in [1.29, 1.82) is 0 Å². The molecule has 2 aromatic heterocycles. The van der Waals surface area contributed by atoms with Gasteiger partial charge in [-0.3, -0.25) is 9.20 Å². The van der Waals surface area contributed by atoms with Crippen LogP contribution in [0.25, 0.3) is 11.0 Å². The first-order valence-corrected chi connectivity index (χ1v) is 8.61. The molecule has 0 radical (unpaired) electrons. The first kappa shape index (κ1) is 14.1. The van der Waals surface area contributed by atoms with Crippen molar-refractivity contribution in [1.82, 2.24) is 9.38 Å². The predicted octanol–water partition coefficient (Wildman–Crippen LogP) is 3.70. The molecule has 0 N–H and O–H groups in total. The van der Waals surface area contributed by atoms with Gasteiger partial charge >= 0.3 is 0 Å². The Hall–Kier alpha value is -1.85. The van der Waals surface area contributed by atoms with Gasteiger partial charge in [0.05, 0.1) is 5.69 Å². The number of thiazole rings is 1. The molecule has 21 heavy (non-hydrogen) atoms. The summed E-state index contributed by atoms with van der Waals surface area (Å²) in [5, 5.41) is 1.88. The Morgan fingerprint density at radius 2 is 2.14 bits per heavy atom. The Morgan fingerprint density at radius 3 is 3.00 bits per heavy atom. The molecule has 106 valence electrons. The van der Waals surface area contributed by atoms with Crippen molar-refractivity contribution in [3.8, 4) is 0 Å². The summed E-state index contributed by atoms with van der Waals surface area (Å²) < 4.78 is 1.58. The zero-order chi connectivity index (χ0) is 14.5. The van der Waals surface area contributed by atoms with Gasteiger partial charge in [-0.25, -0.2) is 4.98 Å². The van der Waals surface area contributed by atoms with Gasteiger partial charge in [-0.1, -0.05) is 42.5 Å². The summed E-state index contributed by atoms with van der Waals surface area (Å²) in [5.74, 6) is 1.66. The van der Waals surface area contributed by atoms with E-state index in [4.69, 9.17) is 0 Å². The van der Waals surface area contributed by atoms with E-state index in [9.17, 15) is 4.79 Å². The number of aromatic nitrogens is 2. The van der Waals surface area contributed by atoms with E-state index in [1.54, 1.807) is 28.4 Å². The highest BCUT2D eigenvalue weighted by Crippen LogP contribution is 2.13. The predicted molar refractivity (Wildman–Crippen MR) is 91.0 cm³/mol. The third-order valence-corrected chi connectivity index (χ3v) is 4.61. The molecule has 3 aromatic rings. The van der Waals surface area contributed by atoms with Gasteiger partial charge in [-0.15, -0.1) is 11.3 Å². The van der Waals surface area contributed by atoms with Crippen molar-refractivity contribution in [3.05, 3.63) is 75.7 Å². The molecule has 5 heteroatoms. The molecule has 0 aliphatic heterocycles. The molecule has 0 aliphatic carbocycles. The minimum Gasteiger partial charge on any atom is -0.269 e. The van der Waals surface area contributed by atoms with Crippen molar-refractivity contribution in [2.45, 2.75) is 5.75 Å². The van der Waals surface area contributed by atoms with Gasteiger partial charge in [-0.05, 0) is 5.56 Å². The highest BCUT2D eigenvalue weighted by atomic mass is 32.2. The van der Waals surface area contributed by atoms with Crippen LogP contribution in [0.4, 0.5) is 0 Å². The maximum absolute atomic E-state index is 11.8. The highest BCUT2D eigenvalue weighted by molar-refractivity contribution is 7.98. The Kier molecular flexibility index (Phi) is 4.52. The fraction of sp³-hybridized carbons (Fsp3) is 0.125. The van der Waals surface area contributed by atoms with Gasteiger partial charge in [0, 0.05) is 29.1 Å². The summed E-state index contributed by atoms with van der Waals surface area (Å²) in [6, 6.07) is 11.8. The lowest BCUT2D eigenvalue weighted by atomic mass is 10.2. The summed E-state index contributed by atoms with van der Waals surface area (Å²) in [7, 11) is 0. The zero-order valence-electron chi connectivity index (χ0n) is 11.3. The molecule has 0 saturated carbocycles. The van der Waals surface area contributed by atoms with Crippen LogP contribution in [0.1, 0.15) is 11.3 Å². The number of nitrogens with zero attached hydrogens (tertiary/aromatic N) is 2. The van der Waals surface area contributed by atoms with E-state index in [0.29, 0.717) is 0 Å². The van der Waals surface area contributed by atoms with Crippen LogP contribution in [0.15, 0.2) is 58.8 Å². The van der Waals surface area contributed by atoms with Gasteiger partial charge in [0.15, 0.2) is 4.96 Å². The standard InChI is InChI=1S/C16H14N2OS2/c19-15-11-14(17-16-18(15)8-10-21-16)12-20-9-4-7-13-5-2-1-3-6-13/h1-8,10-11H,9,12H2/b7-4+. The zero-order valence-corrected chi connectivity index (χ0v) is 12.9. The Bertz CT molecular complexity index is 806. The van der Waals surface area contributed by atoms with Crippen LogP contribution in [0, 0.1) is 0 Å². The topological polar surface area (TPSA) is 34.4 Å². The summed E-state index contributed by atoms with van der Waals surface area (Å²) in [6.45, 7) is 0. The van der Waals surface area contributed by atoms with Crippen LogP contribution in [0.3, 0.4) is 0 Å². The average Bonchev–Trinajstić information content (AvgIpc) is 2.97. The fourth-order valence-electron chi connectivity index (χ4n) is 1.94. The third kappa shape index (κ3) is 3.62. The quantitative estimate of drug-likeness (QED) is 0.673. The second kappa shape index (κ2) is 6.74. The van der Waals surface area contributed by atoms with Crippen molar-refractivity contribution in [2.24, 2.45) is 0 Å². The van der Waals surface area contributed by atoms with E-state index in [-0.39, 0.29) is 5.56 Å². The Labute approximate surface area is 131 Å². The van der Waals surface area contributed by atoms with Crippen LogP contribution in [-0.2, 0) is 5.75 Å². The first-order chi connectivity index (χ1) is 10.3. The molecule has 0 saturated heterocycles. The third-order valence-electron chi connectivity index (χ3n) is 2.93. The molecule has 0 spiro atoms. The normalized spacial score (nSPS) is 11.4. The monoisotopic (exact) mass is 314 g/mol. The van der Waals surface area contributed by atoms with Gasteiger partial charge in [0.2, 0.25) is 0 Å². The summed E-state index contributed by atoms with van der Waals surface area (Å²) in [4.78, 5) is 17.1. The Balaban J connectivity index is 1.57. The summed E-state index contributed by atoms with van der Waals surface area (Å²) in [5.41, 5.74) is 2.05. The van der Waals surface area contributed by atoms with Gasteiger partial charge in [0.1, 0.15) is 0 Å². The summed E-state index contributed by atoms with van der Waals surface area (Å²) >= 11 is 3.24. The van der Waals surface area contributed by atoms with E-state index in [0.717, 1.165) is 22.2 Å². The van der Waals surface area contributed by atoms with Crippen molar-refractivity contribution >= 4 is 34.1 Å². The molecule has 0 fully saturated rings. The van der Waals surface area contributed by atoms with Gasteiger partial charge in [0.25, 0.3) is 5.56 Å². The van der Waals surface area contributed by atoms with Gasteiger partial charge < -0.3 is 0 Å². The minimum absolute atomic E-state index is 0.00308. The lowest BCUT2D eigenvalue weighted by molar-refractivity contribution is 1.04. The van der Waals surface area contributed by atoms with Gasteiger partial charge in [-0.2, -0.15) is 11.8 Å². The molecule has 0 bridgehead atoms. The van der Waals surface area contributed by atoms with Crippen molar-refractivity contribution in [3.63, 3.8) is 0 Å². The largest absolute Gasteiger partial charge is 0.269 e. The van der Waals surface area contributed by atoms with Crippen LogP contribution >= 0.6 is 23.1 Å². The highest BCUT2D eigenvalue weighted by Gasteiger charge is 2.02. The number of hydrogen-bond acceptors (Lipinski definition) is 4. The second-order valence-electron chi connectivity index (χ2n) is 4.47. The lowest BCUT2D eigenvalue weighted by Crippen LogP contribution is -2.12. The van der Waals surface area contributed by atoms with E-state index >= 15 is 0 Å². The van der Waals surface area contributed by atoms with E-state index in [1.165, 1.54) is 16.9 Å². The number of rotatable bonds is 5. The van der Waals surface area contributed by atoms with Crippen LogP contribution in [-0.4, -0.2) is 15.1 Å². The van der Waals surface area contributed by atoms with Crippen LogP contribution in [0.2, 0.25) is 0 Å². The average molecular weight is 314 g/mol. The number of benzene rings is 1. The number of thioether (sulfide) groups is 1. The summed E-state index contributed by atoms with van der Waals surface area (Å²) in [6.07, 6.45) is 6.00. The maximum Gasteiger partial charge on any atom is 0.258 e. The van der Waals surface area contributed by atoms with E-state index < -0.39 is 0 Å². The number of hydrogen-bond donors (Lipinski definition) is 0. The van der Waals surface area contributed by atoms with Crippen molar-refractivity contribution in [2.75, 3.05) is 5.75 Å². The minimum atomic E-state index is -0.00308. The Morgan fingerprint density at radius 1 is 1.29 bits per heavy atom. The SMILES string of the molecule is O=c1cc(CSC/C=C/c2ccccc2)nc2sccn12. The number of fused-ring (bicyclic) bond motifs is 1. The molecule has 0 unspecified atom stereocenters. The molecule has 1 aromatic carbocycles. The fourth-order valence-corrected chi connectivity index (χ4v) is 3.39. The molecule has 0 aliphatic rings. The maximum atomic E-state index is 11.8.